The fraction of sp³-hybridized carbons (Fsp3) is 0.481. The van der Waals surface area contributed by atoms with E-state index in [0.717, 1.165) is 25.9 Å². The fourth-order valence-electron chi connectivity index (χ4n) is 4.81. The van der Waals surface area contributed by atoms with Crippen LogP contribution < -0.4 is 4.74 Å². The van der Waals surface area contributed by atoms with E-state index in [1.54, 1.807) is 35.0 Å². The number of piperidine rings is 1. The number of likely N-dealkylation sites (tertiary alicyclic amines) is 1. The van der Waals surface area contributed by atoms with Gasteiger partial charge in [-0.15, -0.1) is 0 Å². The van der Waals surface area contributed by atoms with Crippen LogP contribution in [0.3, 0.4) is 0 Å². The Bertz CT molecular complexity index is 1180. The van der Waals surface area contributed by atoms with E-state index in [1.807, 2.05) is 13.0 Å². The lowest BCUT2D eigenvalue weighted by molar-refractivity contribution is -0.0509. The highest BCUT2D eigenvalue weighted by molar-refractivity contribution is 5.68. The number of aromatic nitrogens is 3. The normalized spacial score (nSPS) is 17.1. The molecular weight excluding hydrogens is 469 g/mol. The number of hydrogen-bond donors (Lipinski definition) is 1. The number of alkyl halides is 2. The Morgan fingerprint density at radius 3 is 2.67 bits per heavy atom. The summed E-state index contributed by atoms with van der Waals surface area (Å²) in [5, 5.41) is 14.4. The minimum Gasteiger partial charge on any atom is -0.434 e. The molecule has 1 aromatic carbocycles. The smallest absolute Gasteiger partial charge is 0.387 e. The van der Waals surface area contributed by atoms with Gasteiger partial charge in [0, 0.05) is 37.4 Å². The lowest BCUT2D eigenvalue weighted by Gasteiger charge is -2.40. The molecule has 0 radical (unpaired) electrons. The van der Waals surface area contributed by atoms with Gasteiger partial charge in [-0.25, -0.2) is 4.98 Å². The summed E-state index contributed by atoms with van der Waals surface area (Å²) in [6.45, 7) is 5.84. The number of aryl methyl sites for hydroxylation is 1. The van der Waals surface area contributed by atoms with Crippen LogP contribution in [0.15, 0.2) is 42.5 Å². The second-order valence-electron chi connectivity index (χ2n) is 10.00. The molecule has 194 valence electrons. The van der Waals surface area contributed by atoms with E-state index in [-0.39, 0.29) is 17.8 Å². The Labute approximate surface area is 209 Å². The number of ether oxygens (including phenoxy) is 1. The predicted octanol–water partition coefficient (Wildman–Crippen LogP) is 5.60. The number of nitrogens with zero attached hydrogens (tertiary/aromatic N) is 4. The number of rotatable bonds is 9. The quantitative estimate of drug-likeness (QED) is 0.386. The second kappa shape index (κ2) is 11.0. The largest absolute Gasteiger partial charge is 0.434 e. The molecule has 0 amide bonds. The molecular formula is C27H33F3N4O2. The Hall–Kier alpha value is -2.91. The Morgan fingerprint density at radius 2 is 1.97 bits per heavy atom. The molecule has 3 heterocycles. The molecule has 36 heavy (non-hydrogen) atoms. The van der Waals surface area contributed by atoms with Crippen molar-refractivity contribution >= 4 is 0 Å². The van der Waals surface area contributed by atoms with Gasteiger partial charge in [0.2, 0.25) is 5.95 Å². The summed E-state index contributed by atoms with van der Waals surface area (Å²) in [5.74, 6) is -0.150. The summed E-state index contributed by atoms with van der Waals surface area (Å²) in [7, 11) is 0. The SMILES string of the molecule is CCn1nc(-c2ccc(CN3CCC[C@H](C(C)(C)CO)C3)c(OC(F)F)c2)cc1-c1cccc(F)n1. The van der Waals surface area contributed by atoms with Crippen LogP contribution in [0.2, 0.25) is 0 Å². The molecule has 2 aromatic heterocycles. The molecule has 0 unspecified atom stereocenters. The van der Waals surface area contributed by atoms with E-state index in [4.69, 9.17) is 4.74 Å². The van der Waals surface area contributed by atoms with E-state index in [0.29, 0.717) is 47.2 Å². The van der Waals surface area contributed by atoms with Crippen molar-refractivity contribution in [2.24, 2.45) is 11.3 Å². The standard InChI is InChI=1S/C27H33F3N4O2/c1-4-34-23(21-8-5-9-25(28)31-21)14-22(32-34)18-10-11-19(24(13-18)36-26(29)30)15-33-12-6-7-20(16-33)27(2,3)17-35/h5,8-11,13-14,20,26,35H,4,6-7,12,15-17H2,1-3H3/t20-/m0/s1. The third-order valence-corrected chi connectivity index (χ3v) is 7.05. The van der Waals surface area contributed by atoms with Gasteiger partial charge in [-0.3, -0.25) is 9.58 Å². The molecule has 9 heteroatoms. The zero-order chi connectivity index (χ0) is 25.9. The monoisotopic (exact) mass is 502 g/mol. The number of pyridine rings is 1. The van der Waals surface area contributed by atoms with Crippen LogP contribution in [0.5, 0.6) is 5.75 Å². The zero-order valence-corrected chi connectivity index (χ0v) is 20.9. The van der Waals surface area contributed by atoms with E-state index in [2.05, 4.69) is 28.8 Å². The fourth-order valence-corrected chi connectivity index (χ4v) is 4.81. The third-order valence-electron chi connectivity index (χ3n) is 7.05. The van der Waals surface area contributed by atoms with E-state index < -0.39 is 12.6 Å². The zero-order valence-electron chi connectivity index (χ0n) is 20.9. The molecule has 4 rings (SSSR count). The number of hydrogen-bond acceptors (Lipinski definition) is 5. The summed E-state index contributed by atoms with van der Waals surface area (Å²) in [6, 6.07) is 11.6. The highest BCUT2D eigenvalue weighted by Gasteiger charge is 2.33. The van der Waals surface area contributed by atoms with Gasteiger partial charge in [0.25, 0.3) is 0 Å². The molecule has 1 saturated heterocycles. The van der Waals surface area contributed by atoms with Crippen molar-refractivity contribution in [1.29, 1.82) is 0 Å². The predicted molar refractivity (Wildman–Crippen MR) is 132 cm³/mol. The molecule has 1 atom stereocenters. The molecule has 0 aliphatic carbocycles. The minimum absolute atomic E-state index is 0.109. The van der Waals surface area contributed by atoms with Crippen molar-refractivity contribution in [3.63, 3.8) is 0 Å². The topological polar surface area (TPSA) is 63.4 Å². The number of benzene rings is 1. The van der Waals surface area contributed by atoms with Crippen molar-refractivity contribution in [2.45, 2.75) is 53.3 Å². The maximum absolute atomic E-state index is 13.7. The third kappa shape index (κ3) is 5.90. The minimum atomic E-state index is -2.96. The highest BCUT2D eigenvalue weighted by Crippen LogP contribution is 2.36. The van der Waals surface area contributed by atoms with E-state index >= 15 is 0 Å². The average molecular weight is 503 g/mol. The number of aliphatic hydroxyl groups is 1. The van der Waals surface area contributed by atoms with Gasteiger partial charge in [0.15, 0.2) is 0 Å². The van der Waals surface area contributed by atoms with Gasteiger partial charge in [0.05, 0.1) is 17.1 Å². The van der Waals surface area contributed by atoms with Crippen molar-refractivity contribution in [3.8, 4) is 28.4 Å². The van der Waals surface area contributed by atoms with Crippen molar-refractivity contribution < 1.29 is 23.0 Å². The van der Waals surface area contributed by atoms with E-state index in [1.165, 1.54) is 6.07 Å². The molecule has 1 aliphatic heterocycles. The first-order valence-electron chi connectivity index (χ1n) is 12.3. The average Bonchev–Trinajstić information content (AvgIpc) is 3.29. The summed E-state index contributed by atoms with van der Waals surface area (Å²) in [6.07, 6.45) is 2.02. The Balaban J connectivity index is 1.62. The molecule has 1 fully saturated rings. The van der Waals surface area contributed by atoms with Crippen molar-refractivity contribution in [3.05, 3.63) is 54.0 Å². The number of halogens is 3. The summed E-state index contributed by atoms with van der Waals surface area (Å²) < 4.78 is 47.0. The highest BCUT2D eigenvalue weighted by atomic mass is 19.3. The van der Waals surface area contributed by atoms with Crippen LogP contribution in [-0.4, -0.2) is 51.1 Å². The Kier molecular flexibility index (Phi) is 8.00. The number of aliphatic hydroxyl groups excluding tert-OH is 1. The van der Waals surface area contributed by atoms with Crippen LogP contribution in [-0.2, 0) is 13.1 Å². The van der Waals surface area contributed by atoms with Gasteiger partial charge in [-0.1, -0.05) is 32.0 Å². The lowest BCUT2D eigenvalue weighted by Crippen LogP contribution is -2.42. The lowest BCUT2D eigenvalue weighted by atomic mass is 9.75. The molecule has 6 nitrogen and oxygen atoms in total. The molecule has 3 aromatic rings. The second-order valence-corrected chi connectivity index (χ2v) is 10.00. The molecule has 0 saturated carbocycles. The molecule has 0 bridgehead atoms. The van der Waals surface area contributed by atoms with Crippen LogP contribution in [0.4, 0.5) is 13.2 Å². The van der Waals surface area contributed by atoms with Gasteiger partial charge in [0.1, 0.15) is 5.75 Å². The van der Waals surface area contributed by atoms with Crippen LogP contribution in [0.25, 0.3) is 22.6 Å². The van der Waals surface area contributed by atoms with Crippen molar-refractivity contribution in [1.82, 2.24) is 19.7 Å². The summed E-state index contributed by atoms with van der Waals surface area (Å²) in [5.41, 5.74) is 2.74. The van der Waals surface area contributed by atoms with Crippen LogP contribution in [0, 0.1) is 17.3 Å². The molecule has 1 aliphatic rings. The summed E-state index contributed by atoms with van der Waals surface area (Å²) in [4.78, 5) is 6.19. The van der Waals surface area contributed by atoms with Gasteiger partial charge < -0.3 is 9.84 Å². The Morgan fingerprint density at radius 1 is 1.17 bits per heavy atom. The maximum Gasteiger partial charge on any atom is 0.387 e. The first-order valence-corrected chi connectivity index (χ1v) is 12.3. The van der Waals surface area contributed by atoms with Crippen LogP contribution in [0.1, 0.15) is 39.2 Å². The van der Waals surface area contributed by atoms with Gasteiger partial charge in [-0.05, 0) is 61.9 Å². The first-order chi connectivity index (χ1) is 17.2. The van der Waals surface area contributed by atoms with Gasteiger partial charge in [-0.2, -0.15) is 18.3 Å². The first kappa shape index (κ1) is 26.2. The van der Waals surface area contributed by atoms with E-state index in [9.17, 15) is 18.3 Å². The maximum atomic E-state index is 13.7. The van der Waals surface area contributed by atoms with Crippen molar-refractivity contribution in [2.75, 3.05) is 19.7 Å². The molecule has 1 N–H and O–H groups in total. The van der Waals surface area contributed by atoms with Gasteiger partial charge >= 0.3 is 6.61 Å². The van der Waals surface area contributed by atoms with Crippen LogP contribution >= 0.6 is 0 Å². The summed E-state index contributed by atoms with van der Waals surface area (Å²) >= 11 is 0. The molecule has 0 spiro atoms.